The lowest BCUT2D eigenvalue weighted by atomic mass is 9.96. The number of nitrogens with one attached hydrogen (secondary N) is 1. The standard InChI is InChI=1S/C22H28N4O3/c27-21(11-15-4-9-29-10-5-15)26-13-18-17(19(18)14-26)3-6-24-22(28)16-1-2-20-23-7-8-25(20)12-16/h1-2,7-8,12,15,17-19H,3-6,9-11,13-14H2,(H,24,28)/t17?,18-,19+. The molecule has 2 saturated heterocycles. The minimum atomic E-state index is -0.0420. The van der Waals surface area contributed by atoms with Crippen molar-refractivity contribution in [3.05, 3.63) is 36.3 Å². The minimum Gasteiger partial charge on any atom is -0.381 e. The van der Waals surface area contributed by atoms with Crippen LogP contribution in [-0.4, -0.2) is 58.9 Å². The molecule has 2 amide bonds. The van der Waals surface area contributed by atoms with Crippen molar-refractivity contribution in [2.45, 2.75) is 25.7 Å². The van der Waals surface area contributed by atoms with Crippen molar-refractivity contribution in [3.63, 3.8) is 0 Å². The Morgan fingerprint density at radius 3 is 2.76 bits per heavy atom. The normalized spacial score (nSPS) is 26.5. The molecule has 0 aromatic carbocycles. The van der Waals surface area contributed by atoms with Crippen LogP contribution in [0.15, 0.2) is 30.7 Å². The van der Waals surface area contributed by atoms with Gasteiger partial charge in [0, 0.05) is 57.9 Å². The first-order valence-electron chi connectivity index (χ1n) is 10.8. The van der Waals surface area contributed by atoms with Gasteiger partial charge in [0.25, 0.3) is 5.91 Å². The molecule has 5 rings (SSSR count). The van der Waals surface area contributed by atoms with Crippen molar-refractivity contribution in [1.29, 1.82) is 0 Å². The molecule has 7 nitrogen and oxygen atoms in total. The second-order valence-corrected chi connectivity index (χ2v) is 8.71. The quantitative estimate of drug-likeness (QED) is 0.810. The van der Waals surface area contributed by atoms with Crippen LogP contribution in [0.1, 0.15) is 36.0 Å². The molecule has 4 heterocycles. The summed E-state index contributed by atoms with van der Waals surface area (Å²) in [6.45, 7) is 4.10. The van der Waals surface area contributed by atoms with Gasteiger partial charge in [-0.1, -0.05) is 0 Å². The molecule has 3 fully saturated rings. The molecule has 154 valence electrons. The van der Waals surface area contributed by atoms with Crippen molar-refractivity contribution in [3.8, 4) is 0 Å². The Labute approximate surface area is 170 Å². The largest absolute Gasteiger partial charge is 0.381 e. The fraction of sp³-hybridized carbons (Fsp3) is 0.591. The van der Waals surface area contributed by atoms with E-state index in [2.05, 4.69) is 15.2 Å². The highest BCUT2D eigenvalue weighted by molar-refractivity contribution is 5.94. The molecule has 1 aliphatic carbocycles. The highest BCUT2D eigenvalue weighted by Crippen LogP contribution is 2.53. The summed E-state index contributed by atoms with van der Waals surface area (Å²) in [7, 11) is 0. The SMILES string of the molecule is O=C(NCCC1[C@H]2CN(C(=O)CC3CCOCC3)C[C@@H]12)c1ccc2nccn2c1. The molecule has 2 aliphatic heterocycles. The van der Waals surface area contributed by atoms with Gasteiger partial charge in [0.05, 0.1) is 5.56 Å². The number of amides is 2. The molecule has 3 aliphatic rings. The number of pyridine rings is 1. The topological polar surface area (TPSA) is 75.9 Å². The molecule has 1 N–H and O–H groups in total. The molecule has 2 aromatic rings. The summed E-state index contributed by atoms with van der Waals surface area (Å²) in [4.78, 5) is 31.2. The lowest BCUT2D eigenvalue weighted by Gasteiger charge is -2.25. The summed E-state index contributed by atoms with van der Waals surface area (Å²) in [5.41, 5.74) is 1.49. The van der Waals surface area contributed by atoms with Gasteiger partial charge in [-0.2, -0.15) is 0 Å². The van der Waals surface area contributed by atoms with E-state index < -0.39 is 0 Å². The summed E-state index contributed by atoms with van der Waals surface area (Å²) in [5.74, 6) is 2.70. The van der Waals surface area contributed by atoms with Gasteiger partial charge in [0.1, 0.15) is 5.65 Å². The molecule has 1 saturated carbocycles. The molecule has 0 radical (unpaired) electrons. The maximum Gasteiger partial charge on any atom is 0.252 e. The van der Waals surface area contributed by atoms with Crippen molar-refractivity contribution < 1.29 is 14.3 Å². The first kappa shape index (κ1) is 18.6. The lowest BCUT2D eigenvalue weighted by Crippen LogP contribution is -2.34. The van der Waals surface area contributed by atoms with E-state index >= 15 is 0 Å². The number of nitrogens with zero attached hydrogens (tertiary/aromatic N) is 3. The first-order valence-corrected chi connectivity index (χ1v) is 10.8. The number of carbonyl (C=O) groups is 2. The second kappa shape index (κ2) is 7.78. The van der Waals surface area contributed by atoms with Gasteiger partial charge in [-0.15, -0.1) is 0 Å². The van der Waals surface area contributed by atoms with E-state index in [0.29, 0.717) is 48.1 Å². The predicted octanol–water partition coefficient (Wildman–Crippen LogP) is 1.98. The summed E-state index contributed by atoms with van der Waals surface area (Å²) < 4.78 is 7.24. The smallest absolute Gasteiger partial charge is 0.252 e. The number of fused-ring (bicyclic) bond motifs is 2. The number of rotatable bonds is 6. The van der Waals surface area contributed by atoms with Gasteiger partial charge in [-0.05, 0) is 55.1 Å². The monoisotopic (exact) mass is 396 g/mol. The van der Waals surface area contributed by atoms with Gasteiger partial charge in [-0.25, -0.2) is 4.98 Å². The Morgan fingerprint density at radius 1 is 1.17 bits per heavy atom. The lowest BCUT2D eigenvalue weighted by molar-refractivity contribution is -0.132. The third kappa shape index (κ3) is 3.88. The van der Waals surface area contributed by atoms with Crippen LogP contribution in [0.4, 0.5) is 0 Å². The Bertz CT molecular complexity index is 892. The van der Waals surface area contributed by atoms with E-state index in [0.717, 1.165) is 51.2 Å². The number of aromatic nitrogens is 2. The van der Waals surface area contributed by atoms with Gasteiger partial charge >= 0.3 is 0 Å². The maximum absolute atomic E-state index is 12.5. The Kier molecular flexibility index (Phi) is 4.99. The van der Waals surface area contributed by atoms with Gasteiger partial charge < -0.3 is 19.4 Å². The van der Waals surface area contributed by atoms with Crippen molar-refractivity contribution >= 4 is 17.5 Å². The Morgan fingerprint density at radius 2 is 1.97 bits per heavy atom. The summed E-state index contributed by atoms with van der Waals surface area (Å²) in [6.07, 6.45) is 9.09. The summed E-state index contributed by atoms with van der Waals surface area (Å²) >= 11 is 0. The van der Waals surface area contributed by atoms with Crippen LogP contribution in [0.5, 0.6) is 0 Å². The van der Waals surface area contributed by atoms with E-state index in [1.807, 2.05) is 28.9 Å². The van der Waals surface area contributed by atoms with Crippen LogP contribution in [0.3, 0.4) is 0 Å². The van der Waals surface area contributed by atoms with Crippen LogP contribution in [0.25, 0.3) is 5.65 Å². The third-order valence-electron chi connectivity index (χ3n) is 6.94. The minimum absolute atomic E-state index is 0.0420. The zero-order valence-corrected chi connectivity index (χ0v) is 16.6. The van der Waals surface area contributed by atoms with E-state index in [1.165, 1.54) is 0 Å². The van der Waals surface area contributed by atoms with E-state index in [-0.39, 0.29) is 5.91 Å². The molecular formula is C22H28N4O3. The average molecular weight is 396 g/mol. The summed E-state index contributed by atoms with van der Waals surface area (Å²) in [6, 6.07) is 3.66. The van der Waals surface area contributed by atoms with Gasteiger partial charge in [-0.3, -0.25) is 9.59 Å². The molecule has 0 bridgehead atoms. The van der Waals surface area contributed by atoms with Crippen LogP contribution < -0.4 is 5.32 Å². The molecular weight excluding hydrogens is 368 g/mol. The van der Waals surface area contributed by atoms with Gasteiger partial charge in [0.2, 0.25) is 5.91 Å². The number of piperidine rings is 1. The molecule has 1 unspecified atom stereocenters. The van der Waals surface area contributed by atoms with Crippen LogP contribution in [0.2, 0.25) is 0 Å². The Hall–Kier alpha value is -2.41. The molecule has 7 heteroatoms. The Balaban J connectivity index is 1.03. The van der Waals surface area contributed by atoms with Crippen LogP contribution in [0, 0.1) is 23.7 Å². The average Bonchev–Trinajstić information content (AvgIpc) is 3.11. The number of hydrogen-bond donors (Lipinski definition) is 1. The second-order valence-electron chi connectivity index (χ2n) is 8.71. The fourth-order valence-corrected chi connectivity index (χ4v) is 5.12. The van der Waals surface area contributed by atoms with E-state index in [9.17, 15) is 9.59 Å². The van der Waals surface area contributed by atoms with Crippen molar-refractivity contribution in [2.24, 2.45) is 23.7 Å². The molecule has 3 atom stereocenters. The zero-order valence-electron chi connectivity index (χ0n) is 16.6. The van der Waals surface area contributed by atoms with Crippen molar-refractivity contribution in [2.75, 3.05) is 32.8 Å². The third-order valence-corrected chi connectivity index (χ3v) is 6.94. The van der Waals surface area contributed by atoms with Crippen molar-refractivity contribution in [1.82, 2.24) is 19.6 Å². The summed E-state index contributed by atoms with van der Waals surface area (Å²) in [5, 5.41) is 3.04. The molecule has 0 spiro atoms. The van der Waals surface area contributed by atoms with Gasteiger partial charge in [0.15, 0.2) is 0 Å². The fourth-order valence-electron chi connectivity index (χ4n) is 5.12. The number of likely N-dealkylation sites (tertiary alicyclic amines) is 1. The highest BCUT2D eigenvalue weighted by atomic mass is 16.5. The van der Waals surface area contributed by atoms with Crippen LogP contribution in [-0.2, 0) is 9.53 Å². The molecule has 29 heavy (non-hydrogen) atoms. The maximum atomic E-state index is 12.5. The zero-order chi connectivity index (χ0) is 19.8. The van der Waals surface area contributed by atoms with E-state index in [4.69, 9.17) is 4.74 Å². The van der Waals surface area contributed by atoms with E-state index in [1.54, 1.807) is 6.20 Å². The number of ether oxygens (including phenoxy) is 1. The number of imidazole rings is 1. The number of carbonyl (C=O) groups excluding carboxylic acids is 2. The number of hydrogen-bond acceptors (Lipinski definition) is 4. The predicted molar refractivity (Wildman–Crippen MR) is 107 cm³/mol. The highest BCUT2D eigenvalue weighted by Gasteiger charge is 2.55. The first-order chi connectivity index (χ1) is 14.2. The molecule has 2 aromatic heterocycles. The van der Waals surface area contributed by atoms with Crippen LogP contribution >= 0.6 is 0 Å².